The topological polar surface area (TPSA) is 91.2 Å². The highest BCUT2D eigenvalue weighted by Crippen LogP contribution is 2.48. The average molecular weight is 426 g/mol. The normalized spacial score (nSPS) is 15.9. The molecule has 1 atom stereocenters. The summed E-state index contributed by atoms with van der Waals surface area (Å²) in [5.41, 5.74) is 4.28. The predicted octanol–water partition coefficient (Wildman–Crippen LogP) is 3.38. The molecule has 0 bridgehead atoms. The summed E-state index contributed by atoms with van der Waals surface area (Å²) >= 11 is 1.52. The van der Waals surface area contributed by atoms with Gasteiger partial charge < -0.3 is 14.8 Å². The third-order valence-electron chi connectivity index (χ3n) is 4.88. The van der Waals surface area contributed by atoms with E-state index in [1.807, 2.05) is 45.0 Å². The molecule has 1 aliphatic rings. The molecule has 0 saturated heterocycles. The first kappa shape index (κ1) is 20.2. The van der Waals surface area contributed by atoms with Gasteiger partial charge in [-0.1, -0.05) is 12.1 Å². The van der Waals surface area contributed by atoms with Gasteiger partial charge >= 0.3 is 0 Å². The van der Waals surface area contributed by atoms with E-state index < -0.39 is 0 Å². The number of ether oxygens (including phenoxy) is 2. The molecule has 1 aliphatic heterocycles. The number of nitrogens with one attached hydrogen (secondary N) is 1. The molecule has 0 fully saturated rings. The van der Waals surface area contributed by atoms with E-state index in [1.54, 1.807) is 18.9 Å². The van der Waals surface area contributed by atoms with Crippen molar-refractivity contribution in [2.45, 2.75) is 26.0 Å². The molecule has 0 radical (unpaired) electrons. The van der Waals surface area contributed by atoms with Crippen LogP contribution >= 0.6 is 11.8 Å². The molecule has 2 aromatic heterocycles. The largest absolute Gasteiger partial charge is 0.493 e. The maximum atomic E-state index is 12.6. The Morgan fingerprint density at radius 2 is 1.87 bits per heavy atom. The summed E-state index contributed by atoms with van der Waals surface area (Å²) in [6, 6.07) is 7.66. The number of nitrogens with zero attached hydrogens (tertiary/aromatic N) is 4. The van der Waals surface area contributed by atoms with Crippen molar-refractivity contribution in [2.24, 2.45) is 0 Å². The fourth-order valence-electron chi connectivity index (χ4n) is 3.69. The predicted molar refractivity (Wildman–Crippen MR) is 116 cm³/mol. The lowest BCUT2D eigenvalue weighted by Crippen LogP contribution is -2.17. The number of thioether (sulfide) groups is 1. The maximum Gasteiger partial charge on any atom is 0.252 e. The average Bonchev–Trinajstić information content (AvgIpc) is 2.92. The van der Waals surface area contributed by atoms with Gasteiger partial charge in [0, 0.05) is 22.5 Å². The molecular formula is C21H23N5O3S. The summed E-state index contributed by atoms with van der Waals surface area (Å²) < 4.78 is 12.8. The van der Waals surface area contributed by atoms with E-state index in [-0.39, 0.29) is 11.2 Å². The summed E-state index contributed by atoms with van der Waals surface area (Å²) in [5.74, 6) is 2.50. The van der Waals surface area contributed by atoms with Crippen molar-refractivity contribution in [3.8, 4) is 17.4 Å². The second kappa shape index (κ2) is 7.98. The second-order valence-electron chi connectivity index (χ2n) is 7.03. The molecule has 0 aliphatic carbocycles. The van der Waals surface area contributed by atoms with Crippen LogP contribution in [0.3, 0.4) is 0 Å². The third kappa shape index (κ3) is 3.49. The van der Waals surface area contributed by atoms with Crippen molar-refractivity contribution in [1.82, 2.24) is 19.7 Å². The summed E-state index contributed by atoms with van der Waals surface area (Å²) in [6.07, 6.45) is 0. The Kier molecular flexibility index (Phi) is 5.38. The number of methoxy groups -OCH3 is 2. The van der Waals surface area contributed by atoms with E-state index in [2.05, 4.69) is 20.4 Å². The highest BCUT2D eigenvalue weighted by Gasteiger charge is 2.33. The van der Waals surface area contributed by atoms with Crippen LogP contribution in [0.4, 0.5) is 5.82 Å². The number of benzene rings is 1. The van der Waals surface area contributed by atoms with Crippen molar-refractivity contribution < 1.29 is 14.3 Å². The maximum absolute atomic E-state index is 12.6. The number of carbonyl (C=O) groups is 1. The quantitative estimate of drug-likeness (QED) is 0.685. The Balaban J connectivity index is 1.94. The molecule has 8 nitrogen and oxygen atoms in total. The van der Waals surface area contributed by atoms with E-state index >= 15 is 0 Å². The van der Waals surface area contributed by atoms with Gasteiger partial charge in [0.2, 0.25) is 5.91 Å². The molecule has 4 rings (SSSR count). The summed E-state index contributed by atoms with van der Waals surface area (Å²) in [7, 11) is 3.23. The van der Waals surface area contributed by atoms with E-state index in [9.17, 15) is 4.79 Å². The smallest absolute Gasteiger partial charge is 0.252 e. The van der Waals surface area contributed by atoms with Crippen LogP contribution in [-0.4, -0.2) is 45.6 Å². The highest BCUT2D eigenvalue weighted by molar-refractivity contribution is 8.00. The zero-order chi connectivity index (χ0) is 21.4. The zero-order valence-corrected chi connectivity index (χ0v) is 18.3. The van der Waals surface area contributed by atoms with Crippen LogP contribution in [0.1, 0.15) is 33.5 Å². The van der Waals surface area contributed by atoms with Crippen LogP contribution in [0.25, 0.3) is 5.95 Å². The van der Waals surface area contributed by atoms with Gasteiger partial charge in [-0.05, 0) is 32.9 Å². The monoisotopic (exact) mass is 425 g/mol. The van der Waals surface area contributed by atoms with Crippen LogP contribution in [0.15, 0.2) is 24.3 Å². The van der Waals surface area contributed by atoms with Crippen molar-refractivity contribution in [1.29, 1.82) is 0 Å². The number of fused-ring (bicyclic) bond motifs is 1. The standard InChI is InChI=1S/C21H23N5O3S/c1-11-9-12(2)23-21(22-11)26-20-17(13(3)25-26)19(30-10-16(27)24-20)14-7-6-8-15(28-4)18(14)29-5/h6-9,19H,10H2,1-5H3,(H,24,27)/t19-/m1/s1. The number of carbonyl (C=O) groups excluding carboxylic acids is 1. The Labute approximate surface area is 179 Å². The minimum absolute atomic E-state index is 0.101. The van der Waals surface area contributed by atoms with Crippen LogP contribution < -0.4 is 14.8 Å². The van der Waals surface area contributed by atoms with Crippen LogP contribution in [0.5, 0.6) is 11.5 Å². The first-order valence-electron chi connectivity index (χ1n) is 9.47. The number of amides is 1. The Hall–Kier alpha value is -3.07. The summed E-state index contributed by atoms with van der Waals surface area (Å²) in [6.45, 7) is 5.74. The summed E-state index contributed by atoms with van der Waals surface area (Å²) in [4.78, 5) is 21.6. The zero-order valence-electron chi connectivity index (χ0n) is 17.5. The molecule has 3 heterocycles. The minimum atomic E-state index is -0.177. The second-order valence-corrected chi connectivity index (χ2v) is 8.13. The first-order valence-corrected chi connectivity index (χ1v) is 10.5. The molecule has 9 heteroatoms. The van der Waals surface area contributed by atoms with Gasteiger partial charge in [-0.2, -0.15) is 9.78 Å². The van der Waals surface area contributed by atoms with E-state index in [1.165, 1.54) is 11.8 Å². The van der Waals surface area contributed by atoms with E-state index in [0.717, 1.165) is 28.2 Å². The molecule has 0 spiro atoms. The van der Waals surface area contributed by atoms with E-state index in [4.69, 9.17) is 9.47 Å². The fourth-order valence-corrected chi connectivity index (χ4v) is 4.90. The number of hydrogen-bond donors (Lipinski definition) is 1. The Morgan fingerprint density at radius 1 is 1.13 bits per heavy atom. The van der Waals surface area contributed by atoms with Crippen molar-refractivity contribution in [3.05, 3.63) is 52.5 Å². The number of aryl methyl sites for hydroxylation is 3. The lowest BCUT2D eigenvalue weighted by Gasteiger charge is -2.20. The highest BCUT2D eigenvalue weighted by atomic mass is 32.2. The van der Waals surface area contributed by atoms with Gasteiger partial charge in [-0.15, -0.1) is 11.8 Å². The molecule has 156 valence electrons. The third-order valence-corrected chi connectivity index (χ3v) is 6.14. The fraction of sp³-hybridized carbons (Fsp3) is 0.333. The van der Waals surface area contributed by atoms with E-state index in [0.29, 0.717) is 29.0 Å². The van der Waals surface area contributed by atoms with Crippen molar-refractivity contribution in [3.63, 3.8) is 0 Å². The molecule has 1 amide bonds. The number of para-hydroxylation sites is 1. The van der Waals surface area contributed by atoms with Gasteiger partial charge in [0.05, 0.1) is 30.9 Å². The minimum Gasteiger partial charge on any atom is -0.493 e. The van der Waals surface area contributed by atoms with Gasteiger partial charge in [0.25, 0.3) is 5.95 Å². The molecule has 0 saturated carbocycles. The molecule has 1 N–H and O–H groups in total. The Bertz CT molecular complexity index is 1110. The van der Waals surface area contributed by atoms with Crippen molar-refractivity contribution >= 4 is 23.5 Å². The van der Waals surface area contributed by atoms with Crippen molar-refractivity contribution in [2.75, 3.05) is 25.3 Å². The number of rotatable bonds is 4. The van der Waals surface area contributed by atoms with Gasteiger partial charge in [0.15, 0.2) is 11.5 Å². The summed E-state index contributed by atoms with van der Waals surface area (Å²) in [5, 5.41) is 7.51. The number of aromatic nitrogens is 4. The van der Waals surface area contributed by atoms with Crippen LogP contribution in [-0.2, 0) is 4.79 Å². The van der Waals surface area contributed by atoms with Gasteiger partial charge in [-0.3, -0.25) is 4.79 Å². The van der Waals surface area contributed by atoms with Gasteiger partial charge in [-0.25, -0.2) is 9.97 Å². The van der Waals surface area contributed by atoms with Gasteiger partial charge in [0.1, 0.15) is 5.82 Å². The lowest BCUT2D eigenvalue weighted by molar-refractivity contribution is -0.113. The molecular weight excluding hydrogens is 402 g/mol. The van der Waals surface area contributed by atoms with Crippen LogP contribution in [0, 0.1) is 20.8 Å². The Morgan fingerprint density at radius 3 is 2.53 bits per heavy atom. The van der Waals surface area contributed by atoms with Crippen LogP contribution in [0.2, 0.25) is 0 Å². The molecule has 1 aromatic carbocycles. The molecule has 30 heavy (non-hydrogen) atoms. The number of hydrogen-bond acceptors (Lipinski definition) is 7. The lowest BCUT2D eigenvalue weighted by atomic mass is 10.0. The number of anilines is 1. The SMILES string of the molecule is COc1cccc([C@H]2SCC(=O)Nc3c2c(C)nn3-c2nc(C)cc(C)n2)c1OC. The first-order chi connectivity index (χ1) is 14.4. The molecule has 0 unspecified atom stereocenters. The molecule has 3 aromatic rings.